The molecule has 1 nitrogen and oxygen atoms in total. The normalized spacial score (nSPS) is 11.0. The van der Waals surface area contributed by atoms with Gasteiger partial charge in [0.1, 0.15) is 0 Å². The minimum Gasteiger partial charge on any atom is -0.315 e. The van der Waals surface area contributed by atoms with Gasteiger partial charge in [-0.1, -0.05) is 37.6 Å². The summed E-state index contributed by atoms with van der Waals surface area (Å²) in [5, 5.41) is 4.29. The van der Waals surface area contributed by atoms with Gasteiger partial charge in [-0.15, -0.1) is 11.8 Å². The van der Waals surface area contributed by atoms with E-state index in [2.05, 4.69) is 25.2 Å². The average molecular weight is 258 g/mol. The highest BCUT2D eigenvalue weighted by Gasteiger charge is 1.99. The van der Waals surface area contributed by atoms with Crippen LogP contribution in [0.25, 0.3) is 0 Å². The van der Waals surface area contributed by atoms with Crippen LogP contribution < -0.4 is 5.32 Å². The van der Waals surface area contributed by atoms with Gasteiger partial charge in [0.25, 0.3) is 0 Å². The topological polar surface area (TPSA) is 12.0 Å². The molecule has 0 bridgehead atoms. The summed E-state index contributed by atoms with van der Waals surface area (Å²) >= 11 is 7.92. The summed E-state index contributed by atoms with van der Waals surface area (Å²) in [5.74, 6) is 1.14. The molecule has 0 unspecified atom stereocenters. The number of thioether (sulfide) groups is 1. The Balaban J connectivity index is 2.10. The van der Waals surface area contributed by atoms with Crippen LogP contribution in [0, 0.1) is 0 Å². The summed E-state index contributed by atoms with van der Waals surface area (Å²) in [6.45, 7) is 5.47. The zero-order chi connectivity index (χ0) is 11.8. The molecule has 0 aliphatic rings. The van der Waals surface area contributed by atoms with Gasteiger partial charge in [-0.3, -0.25) is 0 Å². The first kappa shape index (κ1) is 13.9. The minimum atomic E-state index is 0.594. The number of hydrogen-bond donors (Lipinski definition) is 1. The first-order valence-electron chi connectivity index (χ1n) is 5.81. The maximum absolute atomic E-state index is 6.07. The zero-order valence-corrected chi connectivity index (χ0v) is 11.6. The smallest absolute Gasteiger partial charge is 0.0541 e. The largest absolute Gasteiger partial charge is 0.315 e. The van der Waals surface area contributed by atoms with Crippen LogP contribution in [-0.4, -0.2) is 18.3 Å². The van der Waals surface area contributed by atoms with Crippen molar-refractivity contribution in [1.82, 2.24) is 5.32 Å². The van der Waals surface area contributed by atoms with Gasteiger partial charge in [0.2, 0.25) is 0 Å². The summed E-state index contributed by atoms with van der Waals surface area (Å²) < 4.78 is 0. The Labute approximate surface area is 108 Å². The van der Waals surface area contributed by atoms with Gasteiger partial charge in [-0.2, -0.15) is 0 Å². The third kappa shape index (κ3) is 5.78. The summed E-state index contributed by atoms with van der Waals surface area (Å²) in [6.07, 6.45) is 2.46. The maximum Gasteiger partial charge on any atom is 0.0541 e. The fraction of sp³-hybridized carbons (Fsp3) is 0.538. The van der Waals surface area contributed by atoms with Crippen LogP contribution in [-0.2, 0) is 0 Å². The van der Waals surface area contributed by atoms with E-state index in [-0.39, 0.29) is 0 Å². The highest BCUT2D eigenvalue weighted by Crippen LogP contribution is 2.27. The molecule has 0 aliphatic heterocycles. The molecule has 0 heterocycles. The van der Waals surface area contributed by atoms with Gasteiger partial charge in [0, 0.05) is 10.9 Å². The molecule has 3 heteroatoms. The van der Waals surface area contributed by atoms with Crippen molar-refractivity contribution in [2.45, 2.75) is 37.6 Å². The number of hydrogen-bond acceptors (Lipinski definition) is 2. The lowest BCUT2D eigenvalue weighted by molar-refractivity contribution is 0.567. The van der Waals surface area contributed by atoms with Crippen LogP contribution in [0.15, 0.2) is 29.2 Å². The van der Waals surface area contributed by atoms with E-state index < -0.39 is 0 Å². The second-order valence-electron chi connectivity index (χ2n) is 4.09. The van der Waals surface area contributed by atoms with Gasteiger partial charge in [-0.25, -0.2) is 0 Å². The Morgan fingerprint density at radius 1 is 1.25 bits per heavy atom. The van der Waals surface area contributed by atoms with E-state index in [1.807, 2.05) is 30.0 Å². The van der Waals surface area contributed by atoms with Crippen LogP contribution in [0.3, 0.4) is 0 Å². The summed E-state index contributed by atoms with van der Waals surface area (Å²) in [6, 6.07) is 8.63. The van der Waals surface area contributed by atoms with Crippen LogP contribution >= 0.6 is 23.4 Å². The second kappa shape index (κ2) is 7.99. The molecule has 0 saturated heterocycles. The fourth-order valence-corrected chi connectivity index (χ4v) is 2.61. The molecule has 1 aromatic carbocycles. The average Bonchev–Trinajstić information content (AvgIpc) is 2.25. The van der Waals surface area contributed by atoms with Gasteiger partial charge < -0.3 is 5.32 Å². The predicted octanol–water partition coefficient (Wildman–Crippen LogP) is 4.21. The van der Waals surface area contributed by atoms with Crippen molar-refractivity contribution in [3.05, 3.63) is 29.3 Å². The Morgan fingerprint density at radius 2 is 2.00 bits per heavy atom. The fourth-order valence-electron chi connectivity index (χ4n) is 1.36. The van der Waals surface area contributed by atoms with E-state index in [4.69, 9.17) is 11.6 Å². The molecular weight excluding hydrogens is 238 g/mol. The van der Waals surface area contributed by atoms with E-state index in [1.54, 1.807) is 0 Å². The lowest BCUT2D eigenvalue weighted by Gasteiger charge is -2.07. The third-order valence-electron chi connectivity index (χ3n) is 2.22. The number of nitrogens with one attached hydrogen (secondary N) is 1. The van der Waals surface area contributed by atoms with Crippen LogP contribution in [0.2, 0.25) is 5.02 Å². The van der Waals surface area contributed by atoms with E-state index in [1.165, 1.54) is 17.7 Å². The quantitative estimate of drug-likeness (QED) is 0.580. The molecule has 1 rings (SSSR count). The zero-order valence-electron chi connectivity index (χ0n) is 10.0. The first-order valence-corrected chi connectivity index (χ1v) is 7.17. The Morgan fingerprint density at radius 3 is 2.69 bits per heavy atom. The SMILES string of the molecule is CC(C)NCCCCSc1ccccc1Cl. The molecule has 0 spiro atoms. The molecule has 1 aromatic rings. The Bertz CT molecular complexity index is 302. The molecule has 0 aliphatic carbocycles. The van der Waals surface area contributed by atoms with Crippen molar-refractivity contribution >= 4 is 23.4 Å². The van der Waals surface area contributed by atoms with Crippen molar-refractivity contribution in [1.29, 1.82) is 0 Å². The van der Waals surface area contributed by atoms with Crippen molar-refractivity contribution in [3.63, 3.8) is 0 Å². The number of benzene rings is 1. The lowest BCUT2D eigenvalue weighted by Crippen LogP contribution is -2.23. The van der Waals surface area contributed by atoms with E-state index >= 15 is 0 Å². The Hall–Kier alpha value is -0.180. The van der Waals surface area contributed by atoms with Crippen molar-refractivity contribution in [3.8, 4) is 0 Å². The molecule has 0 aromatic heterocycles. The summed E-state index contributed by atoms with van der Waals surface area (Å²) in [4.78, 5) is 1.20. The minimum absolute atomic E-state index is 0.594. The van der Waals surface area contributed by atoms with Crippen molar-refractivity contribution in [2.75, 3.05) is 12.3 Å². The molecule has 0 radical (unpaired) electrons. The summed E-state index contributed by atoms with van der Waals surface area (Å²) in [5.41, 5.74) is 0. The first-order chi connectivity index (χ1) is 7.70. The van der Waals surface area contributed by atoms with E-state index in [0.717, 1.165) is 17.3 Å². The van der Waals surface area contributed by atoms with Crippen molar-refractivity contribution in [2.24, 2.45) is 0 Å². The molecule has 0 amide bonds. The van der Waals surface area contributed by atoms with Crippen LogP contribution in [0.4, 0.5) is 0 Å². The van der Waals surface area contributed by atoms with Gasteiger partial charge in [0.05, 0.1) is 5.02 Å². The summed E-state index contributed by atoms with van der Waals surface area (Å²) in [7, 11) is 0. The molecular formula is C13H20ClNS. The highest BCUT2D eigenvalue weighted by molar-refractivity contribution is 7.99. The molecule has 0 saturated carbocycles. The van der Waals surface area contributed by atoms with Gasteiger partial charge in [0.15, 0.2) is 0 Å². The standard InChI is InChI=1S/C13H20ClNS/c1-11(2)15-9-5-6-10-16-13-8-4-3-7-12(13)14/h3-4,7-8,11,15H,5-6,9-10H2,1-2H3. The van der Waals surface area contributed by atoms with E-state index in [9.17, 15) is 0 Å². The number of rotatable bonds is 7. The lowest BCUT2D eigenvalue weighted by atomic mass is 10.3. The van der Waals surface area contributed by atoms with E-state index in [0.29, 0.717) is 6.04 Å². The van der Waals surface area contributed by atoms with Gasteiger partial charge >= 0.3 is 0 Å². The molecule has 0 fully saturated rings. The third-order valence-corrected chi connectivity index (χ3v) is 3.82. The highest BCUT2D eigenvalue weighted by atomic mass is 35.5. The van der Waals surface area contributed by atoms with Crippen molar-refractivity contribution < 1.29 is 0 Å². The Kier molecular flexibility index (Phi) is 6.93. The molecule has 16 heavy (non-hydrogen) atoms. The predicted molar refractivity (Wildman–Crippen MR) is 74.5 cm³/mol. The monoisotopic (exact) mass is 257 g/mol. The molecule has 1 N–H and O–H groups in total. The van der Waals surface area contributed by atoms with Gasteiger partial charge in [-0.05, 0) is 37.3 Å². The van der Waals surface area contributed by atoms with Crippen LogP contribution in [0.1, 0.15) is 26.7 Å². The molecule has 90 valence electrons. The maximum atomic E-state index is 6.07. The second-order valence-corrected chi connectivity index (χ2v) is 5.64. The number of halogens is 1. The van der Waals surface area contributed by atoms with Crippen LogP contribution in [0.5, 0.6) is 0 Å². The number of unbranched alkanes of at least 4 members (excludes halogenated alkanes) is 1. The molecule has 0 atom stereocenters.